The van der Waals surface area contributed by atoms with Crippen LogP contribution >= 0.6 is 0 Å². The fourth-order valence-corrected chi connectivity index (χ4v) is 2.48. The van der Waals surface area contributed by atoms with Crippen LogP contribution in [-0.4, -0.2) is 62.7 Å². The van der Waals surface area contributed by atoms with Crippen molar-refractivity contribution in [3.63, 3.8) is 0 Å². The van der Waals surface area contributed by atoms with Crippen LogP contribution in [0.5, 0.6) is 0 Å². The predicted octanol–water partition coefficient (Wildman–Crippen LogP) is -0.649. The lowest BCUT2D eigenvalue weighted by molar-refractivity contribution is -0.135. The van der Waals surface area contributed by atoms with Crippen molar-refractivity contribution in [2.24, 2.45) is 5.92 Å². The molecule has 2 rings (SSSR count). The molecule has 0 spiro atoms. The molecular weight excluding hydrogens is 246 g/mol. The molecular formula is C13H23N3O3. The van der Waals surface area contributed by atoms with Crippen molar-refractivity contribution in [3.05, 3.63) is 0 Å². The van der Waals surface area contributed by atoms with E-state index in [1.54, 1.807) is 4.90 Å². The van der Waals surface area contributed by atoms with Crippen LogP contribution in [0.25, 0.3) is 0 Å². The van der Waals surface area contributed by atoms with Gasteiger partial charge in [0.05, 0.1) is 19.1 Å². The molecule has 0 saturated carbocycles. The molecule has 108 valence electrons. The number of carbonyl (C=O) groups excluding carboxylic acids is 2. The lowest BCUT2D eigenvalue weighted by atomic mass is 9.99. The largest absolute Gasteiger partial charge is 0.378 e. The van der Waals surface area contributed by atoms with Crippen LogP contribution in [0.1, 0.15) is 19.3 Å². The van der Waals surface area contributed by atoms with Crippen molar-refractivity contribution < 1.29 is 14.3 Å². The Bertz CT molecular complexity index is 280. The normalized spacial score (nSPS) is 24.0. The molecule has 2 aliphatic heterocycles. The van der Waals surface area contributed by atoms with Crippen molar-refractivity contribution >= 4 is 11.8 Å². The van der Waals surface area contributed by atoms with Crippen molar-refractivity contribution in [2.75, 3.05) is 45.9 Å². The van der Waals surface area contributed by atoms with E-state index in [1.807, 2.05) is 0 Å². The second kappa shape index (κ2) is 7.45. The summed E-state index contributed by atoms with van der Waals surface area (Å²) >= 11 is 0. The number of hydrogen-bond donors (Lipinski definition) is 2. The number of amides is 2. The first-order valence-electron chi connectivity index (χ1n) is 7.11. The summed E-state index contributed by atoms with van der Waals surface area (Å²) in [5.41, 5.74) is 0. The van der Waals surface area contributed by atoms with Crippen molar-refractivity contribution in [2.45, 2.75) is 19.3 Å². The minimum Gasteiger partial charge on any atom is -0.378 e. The third kappa shape index (κ3) is 4.47. The quantitative estimate of drug-likeness (QED) is 0.711. The molecule has 0 radical (unpaired) electrons. The fourth-order valence-electron chi connectivity index (χ4n) is 2.48. The number of piperidine rings is 1. The number of morpholine rings is 1. The topological polar surface area (TPSA) is 70.7 Å². The summed E-state index contributed by atoms with van der Waals surface area (Å²) in [4.78, 5) is 25.5. The highest BCUT2D eigenvalue weighted by Gasteiger charge is 2.21. The van der Waals surface area contributed by atoms with Crippen LogP contribution in [0.4, 0.5) is 0 Å². The van der Waals surface area contributed by atoms with Crippen molar-refractivity contribution in [3.8, 4) is 0 Å². The Balaban J connectivity index is 1.62. The van der Waals surface area contributed by atoms with E-state index in [1.165, 1.54) is 0 Å². The molecule has 0 unspecified atom stereocenters. The Morgan fingerprint density at radius 1 is 1.32 bits per heavy atom. The maximum Gasteiger partial charge on any atom is 0.224 e. The number of nitrogens with one attached hydrogen (secondary N) is 2. The smallest absolute Gasteiger partial charge is 0.224 e. The van der Waals surface area contributed by atoms with Gasteiger partial charge in [0.15, 0.2) is 0 Å². The number of rotatable bonds is 4. The third-order valence-corrected chi connectivity index (χ3v) is 3.67. The first-order valence-corrected chi connectivity index (χ1v) is 7.11. The van der Waals surface area contributed by atoms with Crippen LogP contribution in [0.2, 0.25) is 0 Å². The van der Waals surface area contributed by atoms with Gasteiger partial charge in [-0.3, -0.25) is 9.59 Å². The van der Waals surface area contributed by atoms with Gasteiger partial charge in [0.2, 0.25) is 11.8 Å². The van der Waals surface area contributed by atoms with Crippen molar-refractivity contribution in [1.29, 1.82) is 0 Å². The van der Waals surface area contributed by atoms with Gasteiger partial charge in [0, 0.05) is 32.6 Å². The van der Waals surface area contributed by atoms with Gasteiger partial charge in [-0.1, -0.05) is 0 Å². The monoisotopic (exact) mass is 269 g/mol. The van der Waals surface area contributed by atoms with Gasteiger partial charge < -0.3 is 20.3 Å². The van der Waals surface area contributed by atoms with Crippen LogP contribution in [0.15, 0.2) is 0 Å². The number of ether oxygens (including phenoxy) is 1. The molecule has 6 heteroatoms. The van der Waals surface area contributed by atoms with Gasteiger partial charge in [-0.15, -0.1) is 0 Å². The third-order valence-electron chi connectivity index (χ3n) is 3.67. The van der Waals surface area contributed by atoms with Gasteiger partial charge in [-0.2, -0.15) is 0 Å². The van der Waals surface area contributed by atoms with E-state index < -0.39 is 0 Å². The molecule has 2 aliphatic rings. The van der Waals surface area contributed by atoms with E-state index in [9.17, 15) is 9.59 Å². The summed E-state index contributed by atoms with van der Waals surface area (Å²) in [7, 11) is 0. The lowest BCUT2D eigenvalue weighted by Gasteiger charge is -2.27. The maximum absolute atomic E-state index is 11.9. The number of nitrogens with zero attached hydrogens (tertiary/aromatic N) is 1. The summed E-state index contributed by atoms with van der Waals surface area (Å²) < 4.78 is 5.20. The molecule has 6 nitrogen and oxygen atoms in total. The van der Waals surface area contributed by atoms with E-state index in [0.29, 0.717) is 39.3 Å². The molecule has 2 amide bonds. The van der Waals surface area contributed by atoms with E-state index in [-0.39, 0.29) is 17.7 Å². The zero-order chi connectivity index (χ0) is 13.5. The Morgan fingerprint density at radius 3 is 2.79 bits per heavy atom. The first-order chi connectivity index (χ1) is 9.27. The Labute approximate surface area is 113 Å². The highest BCUT2D eigenvalue weighted by Crippen LogP contribution is 2.09. The Kier molecular flexibility index (Phi) is 5.60. The summed E-state index contributed by atoms with van der Waals surface area (Å²) in [5.74, 6) is 0.236. The van der Waals surface area contributed by atoms with Gasteiger partial charge >= 0.3 is 0 Å². The molecule has 2 saturated heterocycles. The zero-order valence-corrected chi connectivity index (χ0v) is 11.3. The second-order valence-electron chi connectivity index (χ2n) is 5.08. The fraction of sp³-hybridized carbons (Fsp3) is 0.846. The molecule has 0 aromatic heterocycles. The van der Waals surface area contributed by atoms with Crippen LogP contribution in [0.3, 0.4) is 0 Å². The molecule has 19 heavy (non-hydrogen) atoms. The van der Waals surface area contributed by atoms with E-state index in [2.05, 4.69) is 10.6 Å². The molecule has 0 aliphatic carbocycles. The van der Waals surface area contributed by atoms with E-state index in [0.717, 1.165) is 25.9 Å². The molecule has 0 aromatic rings. The average Bonchev–Trinajstić information content (AvgIpc) is 2.49. The highest BCUT2D eigenvalue weighted by molar-refractivity contribution is 5.80. The maximum atomic E-state index is 11.9. The van der Waals surface area contributed by atoms with Gasteiger partial charge in [-0.25, -0.2) is 0 Å². The van der Waals surface area contributed by atoms with Crippen LogP contribution in [0, 0.1) is 5.92 Å². The molecule has 0 bridgehead atoms. The predicted molar refractivity (Wildman–Crippen MR) is 70.6 cm³/mol. The SMILES string of the molecule is O=C(NCCC(=O)N1CCOCC1)[C@H]1CCCNC1. The average molecular weight is 269 g/mol. The summed E-state index contributed by atoms with van der Waals surface area (Å²) in [6, 6.07) is 0. The first kappa shape index (κ1) is 14.3. The lowest BCUT2D eigenvalue weighted by Crippen LogP contribution is -2.43. The molecule has 2 N–H and O–H groups in total. The zero-order valence-electron chi connectivity index (χ0n) is 11.3. The number of hydrogen-bond acceptors (Lipinski definition) is 4. The highest BCUT2D eigenvalue weighted by atomic mass is 16.5. The molecule has 2 fully saturated rings. The summed E-state index contributed by atoms with van der Waals surface area (Å²) in [6.45, 7) is 4.75. The van der Waals surface area contributed by atoms with Crippen molar-refractivity contribution in [1.82, 2.24) is 15.5 Å². The Hall–Kier alpha value is -1.14. The molecule has 2 heterocycles. The minimum atomic E-state index is 0.0623. The van der Waals surface area contributed by atoms with Gasteiger partial charge in [0.1, 0.15) is 0 Å². The van der Waals surface area contributed by atoms with Crippen LogP contribution in [-0.2, 0) is 14.3 Å². The second-order valence-corrected chi connectivity index (χ2v) is 5.08. The Morgan fingerprint density at radius 2 is 2.11 bits per heavy atom. The van der Waals surface area contributed by atoms with Gasteiger partial charge in [-0.05, 0) is 19.4 Å². The standard InChI is InChI=1S/C13H23N3O3/c17-12(16-6-8-19-9-7-16)3-5-15-13(18)11-2-1-4-14-10-11/h11,14H,1-10H2,(H,15,18)/t11-/m0/s1. The summed E-state index contributed by atoms with van der Waals surface area (Å²) in [5, 5.41) is 6.08. The molecule has 1 atom stereocenters. The van der Waals surface area contributed by atoms with Crippen LogP contribution < -0.4 is 10.6 Å². The van der Waals surface area contributed by atoms with Gasteiger partial charge in [0.25, 0.3) is 0 Å². The molecule has 0 aromatic carbocycles. The van der Waals surface area contributed by atoms with E-state index in [4.69, 9.17) is 4.74 Å². The van der Waals surface area contributed by atoms with E-state index >= 15 is 0 Å². The summed E-state index contributed by atoms with van der Waals surface area (Å²) in [6.07, 6.45) is 2.37. The number of carbonyl (C=O) groups is 2. The minimum absolute atomic E-state index is 0.0623.